The molecule has 0 amide bonds. The lowest BCUT2D eigenvalue weighted by molar-refractivity contribution is -0.0465. The van der Waals surface area contributed by atoms with Crippen molar-refractivity contribution < 1.29 is 10.2 Å². The van der Waals surface area contributed by atoms with Crippen LogP contribution in [0.1, 0.15) is 52.4 Å². The molecular weight excluding hydrogens is 180 g/mol. The standard InChI is InChI=1S/C6H14O2.C4H12N2/c1-2-3-4-5-6(7)8;1-2-3-4(5)6/h6-8H,2-5H2,1H3;4H,2-3,5-6H2,1H3. The van der Waals surface area contributed by atoms with Gasteiger partial charge >= 0.3 is 0 Å². The lowest BCUT2D eigenvalue weighted by Crippen LogP contribution is -2.29. The molecule has 0 atom stereocenters. The van der Waals surface area contributed by atoms with Crippen LogP contribution in [0, 0.1) is 0 Å². The lowest BCUT2D eigenvalue weighted by Gasteiger charge is -1.99. The number of hydrogen-bond donors (Lipinski definition) is 4. The van der Waals surface area contributed by atoms with Gasteiger partial charge in [0, 0.05) is 0 Å². The fourth-order valence-electron chi connectivity index (χ4n) is 0.910. The van der Waals surface area contributed by atoms with Gasteiger partial charge < -0.3 is 21.7 Å². The molecule has 0 saturated carbocycles. The summed E-state index contributed by atoms with van der Waals surface area (Å²) in [5, 5.41) is 16.7. The largest absolute Gasteiger partial charge is 0.368 e. The molecule has 4 heteroatoms. The van der Waals surface area contributed by atoms with Crippen molar-refractivity contribution in [3.63, 3.8) is 0 Å². The van der Waals surface area contributed by atoms with Gasteiger partial charge in [-0.2, -0.15) is 0 Å². The Balaban J connectivity index is 0. The topological polar surface area (TPSA) is 92.5 Å². The Morgan fingerprint density at radius 3 is 1.71 bits per heavy atom. The first kappa shape index (κ1) is 16.3. The van der Waals surface area contributed by atoms with Crippen LogP contribution < -0.4 is 11.5 Å². The predicted molar refractivity (Wildman–Crippen MR) is 59.4 cm³/mol. The summed E-state index contributed by atoms with van der Waals surface area (Å²) in [6.07, 6.45) is 4.49. The third-order valence-corrected chi connectivity index (χ3v) is 1.69. The molecule has 0 bridgehead atoms. The zero-order valence-electron chi connectivity index (χ0n) is 9.45. The van der Waals surface area contributed by atoms with Crippen LogP contribution in [0.5, 0.6) is 0 Å². The highest BCUT2D eigenvalue weighted by atomic mass is 16.5. The average molecular weight is 206 g/mol. The SMILES string of the molecule is CCCC(N)N.CCCCCC(O)O. The van der Waals surface area contributed by atoms with Crippen molar-refractivity contribution in [3.05, 3.63) is 0 Å². The Bertz CT molecular complexity index is 98.1. The number of nitrogens with two attached hydrogens (primary N) is 2. The van der Waals surface area contributed by atoms with E-state index in [1.807, 2.05) is 0 Å². The molecule has 0 spiro atoms. The Hall–Kier alpha value is -0.160. The zero-order valence-corrected chi connectivity index (χ0v) is 9.45. The van der Waals surface area contributed by atoms with E-state index >= 15 is 0 Å². The summed E-state index contributed by atoms with van der Waals surface area (Å²) in [6.45, 7) is 4.15. The molecule has 0 aromatic rings. The van der Waals surface area contributed by atoms with E-state index in [1.165, 1.54) is 0 Å². The second-order valence-corrected chi connectivity index (χ2v) is 3.43. The highest BCUT2D eigenvalue weighted by Crippen LogP contribution is 1.99. The summed E-state index contributed by atoms with van der Waals surface area (Å²) in [5.74, 6) is 0. The molecule has 0 aromatic carbocycles. The highest BCUT2D eigenvalue weighted by molar-refractivity contribution is 4.45. The van der Waals surface area contributed by atoms with Crippen LogP contribution in [-0.4, -0.2) is 22.7 Å². The third kappa shape index (κ3) is 22.6. The monoisotopic (exact) mass is 206 g/mol. The summed E-state index contributed by atoms with van der Waals surface area (Å²) < 4.78 is 0. The minimum Gasteiger partial charge on any atom is -0.368 e. The van der Waals surface area contributed by atoms with E-state index in [2.05, 4.69) is 13.8 Å². The van der Waals surface area contributed by atoms with E-state index in [4.69, 9.17) is 21.7 Å². The Kier molecular flexibility index (Phi) is 14.9. The molecule has 88 valence electrons. The minimum absolute atomic E-state index is 0.102. The molecule has 0 unspecified atom stereocenters. The van der Waals surface area contributed by atoms with Gasteiger partial charge in [-0.25, -0.2) is 0 Å². The van der Waals surface area contributed by atoms with Crippen molar-refractivity contribution in [2.24, 2.45) is 11.5 Å². The first-order valence-electron chi connectivity index (χ1n) is 5.41. The van der Waals surface area contributed by atoms with Gasteiger partial charge in [-0.1, -0.05) is 33.1 Å². The smallest absolute Gasteiger partial charge is 0.151 e. The zero-order chi connectivity index (χ0) is 11.4. The quantitative estimate of drug-likeness (QED) is 0.384. The van der Waals surface area contributed by atoms with E-state index in [0.29, 0.717) is 6.42 Å². The minimum atomic E-state index is -1.10. The molecular formula is C10H26N2O2. The number of aliphatic hydroxyl groups excluding tert-OH is 1. The number of rotatable bonds is 6. The maximum atomic E-state index is 8.33. The summed E-state index contributed by atoms with van der Waals surface area (Å²) in [5.41, 5.74) is 10.4. The molecule has 6 N–H and O–H groups in total. The number of hydrogen-bond acceptors (Lipinski definition) is 4. The van der Waals surface area contributed by atoms with Gasteiger partial charge in [-0.05, 0) is 19.3 Å². The Labute approximate surface area is 87.3 Å². The van der Waals surface area contributed by atoms with E-state index in [0.717, 1.165) is 32.1 Å². The first-order chi connectivity index (χ1) is 6.54. The van der Waals surface area contributed by atoms with E-state index in [9.17, 15) is 0 Å². The molecule has 0 heterocycles. The maximum absolute atomic E-state index is 8.33. The van der Waals surface area contributed by atoms with Crippen LogP contribution in [0.3, 0.4) is 0 Å². The maximum Gasteiger partial charge on any atom is 0.151 e. The van der Waals surface area contributed by atoms with E-state index in [-0.39, 0.29) is 6.17 Å². The number of unbranched alkanes of at least 4 members (excludes halogenated alkanes) is 2. The highest BCUT2D eigenvalue weighted by Gasteiger charge is 1.93. The van der Waals surface area contributed by atoms with Crippen LogP contribution in [0.2, 0.25) is 0 Å². The second kappa shape index (κ2) is 12.8. The van der Waals surface area contributed by atoms with Crippen LogP contribution in [0.4, 0.5) is 0 Å². The van der Waals surface area contributed by atoms with Crippen LogP contribution in [0.15, 0.2) is 0 Å². The van der Waals surface area contributed by atoms with E-state index < -0.39 is 6.29 Å². The van der Waals surface area contributed by atoms with Crippen LogP contribution in [-0.2, 0) is 0 Å². The molecule has 0 aliphatic carbocycles. The van der Waals surface area contributed by atoms with Crippen molar-refractivity contribution >= 4 is 0 Å². The summed E-state index contributed by atoms with van der Waals surface area (Å²) >= 11 is 0. The molecule has 0 radical (unpaired) electrons. The van der Waals surface area contributed by atoms with Gasteiger partial charge in [-0.3, -0.25) is 0 Å². The first-order valence-corrected chi connectivity index (χ1v) is 5.41. The van der Waals surface area contributed by atoms with E-state index in [1.54, 1.807) is 0 Å². The molecule has 0 aromatic heterocycles. The average Bonchev–Trinajstić information content (AvgIpc) is 2.05. The van der Waals surface area contributed by atoms with Crippen molar-refractivity contribution in [1.29, 1.82) is 0 Å². The summed E-state index contributed by atoms with van der Waals surface area (Å²) in [4.78, 5) is 0. The predicted octanol–water partition coefficient (Wildman–Crippen LogP) is 0.907. The lowest BCUT2D eigenvalue weighted by atomic mass is 10.2. The molecule has 0 aliphatic heterocycles. The molecule has 14 heavy (non-hydrogen) atoms. The third-order valence-electron chi connectivity index (χ3n) is 1.69. The molecule has 0 fully saturated rings. The van der Waals surface area contributed by atoms with Gasteiger partial charge in [0.15, 0.2) is 6.29 Å². The molecule has 0 rings (SSSR count). The van der Waals surface area contributed by atoms with Crippen LogP contribution >= 0.6 is 0 Å². The van der Waals surface area contributed by atoms with Crippen molar-refractivity contribution in [2.45, 2.75) is 64.8 Å². The Morgan fingerprint density at radius 2 is 1.50 bits per heavy atom. The molecule has 0 saturated heterocycles. The fraction of sp³-hybridized carbons (Fsp3) is 1.00. The van der Waals surface area contributed by atoms with Crippen LogP contribution in [0.25, 0.3) is 0 Å². The van der Waals surface area contributed by atoms with Gasteiger partial charge in [0.05, 0.1) is 6.17 Å². The number of aliphatic hydroxyl groups is 2. The second-order valence-electron chi connectivity index (χ2n) is 3.43. The van der Waals surface area contributed by atoms with Gasteiger partial charge in [-0.15, -0.1) is 0 Å². The summed E-state index contributed by atoms with van der Waals surface area (Å²) in [7, 11) is 0. The van der Waals surface area contributed by atoms with Gasteiger partial charge in [0.2, 0.25) is 0 Å². The Morgan fingerprint density at radius 1 is 0.929 bits per heavy atom. The molecule has 4 nitrogen and oxygen atoms in total. The van der Waals surface area contributed by atoms with Gasteiger partial charge in [0.1, 0.15) is 0 Å². The van der Waals surface area contributed by atoms with Gasteiger partial charge in [0.25, 0.3) is 0 Å². The van der Waals surface area contributed by atoms with Crippen molar-refractivity contribution in [3.8, 4) is 0 Å². The molecule has 0 aliphatic rings. The summed E-state index contributed by atoms with van der Waals surface area (Å²) in [6, 6.07) is 0. The fourth-order valence-corrected chi connectivity index (χ4v) is 0.910. The normalized spacial score (nSPS) is 10.3. The van der Waals surface area contributed by atoms with Crippen molar-refractivity contribution in [1.82, 2.24) is 0 Å². The van der Waals surface area contributed by atoms with Crippen molar-refractivity contribution in [2.75, 3.05) is 0 Å².